The zero-order valence-electron chi connectivity index (χ0n) is 34.2. The largest absolute Gasteiger partial charge is 0.496 e. The Morgan fingerprint density at radius 3 is 1.12 bits per heavy atom. The van der Waals surface area contributed by atoms with E-state index in [1.54, 1.807) is 24.3 Å². The van der Waals surface area contributed by atoms with E-state index >= 15 is 0 Å². The number of rotatable bonds is 4. The molecule has 0 radical (unpaired) electrons. The van der Waals surface area contributed by atoms with Crippen molar-refractivity contribution in [2.75, 3.05) is 0 Å². The van der Waals surface area contributed by atoms with Gasteiger partial charge < -0.3 is 8.83 Å². The quantitative estimate of drug-likeness (QED) is 0.0998. The third-order valence-corrected chi connectivity index (χ3v) is 30.2. The molecule has 0 aliphatic heterocycles. The molecular weight excluding hydrogens is 913 g/mol. The molecule has 0 spiro atoms. The van der Waals surface area contributed by atoms with E-state index in [2.05, 4.69) is 37.4 Å². The predicted molar refractivity (Wildman–Crippen MR) is 233 cm³/mol. The first-order valence-electron chi connectivity index (χ1n) is 19.0. The Morgan fingerprint density at radius 2 is 0.850 bits per heavy atom. The Balaban J connectivity index is 0.000000177. The van der Waals surface area contributed by atoms with Crippen LogP contribution in [0, 0.1) is 41.5 Å². The van der Waals surface area contributed by atoms with Crippen molar-refractivity contribution in [2.24, 2.45) is 0 Å². The molecule has 60 heavy (non-hydrogen) atoms. The summed E-state index contributed by atoms with van der Waals surface area (Å²) in [6, 6.07) is 30.9. The molecule has 2 heterocycles. The van der Waals surface area contributed by atoms with Crippen molar-refractivity contribution >= 4 is 44.0 Å². The maximum absolute atomic E-state index is 12.9. The van der Waals surface area contributed by atoms with Crippen LogP contribution < -0.4 is 0 Å². The molecular formula is C48H42Cl2F6O2SiZr-2. The van der Waals surface area contributed by atoms with Gasteiger partial charge in [0.15, 0.2) is 0 Å². The van der Waals surface area contributed by atoms with Crippen LogP contribution in [0.2, 0.25) is 13.1 Å². The van der Waals surface area contributed by atoms with Crippen LogP contribution in [0.3, 0.4) is 0 Å². The van der Waals surface area contributed by atoms with E-state index in [1.807, 2.05) is 77.9 Å². The number of hydrogen-bond acceptors (Lipinski definition) is 2. The molecule has 2 nitrogen and oxygen atoms in total. The van der Waals surface area contributed by atoms with Crippen molar-refractivity contribution in [3.05, 3.63) is 154 Å². The van der Waals surface area contributed by atoms with Crippen LogP contribution in [0.5, 0.6) is 0 Å². The summed E-state index contributed by atoms with van der Waals surface area (Å²) in [4.78, 5) is 0. The molecule has 0 N–H and O–H groups in total. The molecule has 0 bridgehead atoms. The van der Waals surface area contributed by atoms with Gasteiger partial charge in [0.1, 0.15) is 0 Å². The van der Waals surface area contributed by atoms with E-state index in [0.717, 1.165) is 124 Å². The zero-order chi connectivity index (χ0) is 43.8. The molecule has 0 atom stereocenters. The summed E-state index contributed by atoms with van der Waals surface area (Å²) >= 11 is -1.65. The van der Waals surface area contributed by atoms with E-state index < -0.39 is 41.5 Å². The van der Waals surface area contributed by atoms with E-state index in [9.17, 15) is 26.3 Å². The van der Waals surface area contributed by atoms with Gasteiger partial charge in [-0.1, -0.05) is 57.6 Å². The van der Waals surface area contributed by atoms with Gasteiger partial charge in [0, 0.05) is 0 Å². The van der Waals surface area contributed by atoms with Gasteiger partial charge in [-0.2, -0.15) is 26.3 Å². The van der Waals surface area contributed by atoms with Gasteiger partial charge >= 0.3 is 65.9 Å². The second-order valence-corrected chi connectivity index (χ2v) is 38.1. The van der Waals surface area contributed by atoms with Gasteiger partial charge in [-0.05, 0) is 112 Å². The molecule has 0 amide bonds. The Kier molecular flexibility index (Phi) is 13.7. The van der Waals surface area contributed by atoms with E-state index in [0.29, 0.717) is 0 Å². The first kappa shape index (κ1) is 45.4. The minimum atomic E-state index is -4.33. The second-order valence-electron chi connectivity index (χ2n) is 15.1. The standard InChI is InChI=1S/2C23H18F3O.C2H6Si.2ClH.Zr/c2*1-13-10-17-11-18(21-9-4-14(2)27-21)12-20(17)22(15(13)3)16-5-7-19(8-6-16)23(24,25)26;1-3-2;;;/h2*4-12H,1-3H3;1-2H3;2*1H;/q2*-1;;;;+2/p-2. The first-order chi connectivity index (χ1) is 28.1. The molecule has 0 aliphatic rings. The SMILES string of the molecule is C[Si](C)=[Zr]([Cl])[Cl].Cc1ccc(-c2cc3c(-c4ccc(C(F)(F)F)cc4)c(C)c(C)cc3[cH-]2)o1.Cc1ccc(-c2cc3c(-c4ccc(C(F)(F)F)cc4)c(C)c(C)cc3[cH-]2)o1. The molecule has 6 aromatic carbocycles. The number of benzene rings is 4. The van der Waals surface area contributed by atoms with Crippen LogP contribution in [0.4, 0.5) is 26.3 Å². The molecule has 0 saturated heterocycles. The summed E-state index contributed by atoms with van der Waals surface area (Å²) < 4.78 is 88.9. The number of aryl methyl sites for hydroxylation is 4. The predicted octanol–water partition coefficient (Wildman–Crippen LogP) is 17.0. The number of fused-ring (bicyclic) bond motifs is 2. The van der Waals surface area contributed by atoms with Crippen LogP contribution in [0.25, 0.3) is 66.4 Å². The van der Waals surface area contributed by atoms with Gasteiger partial charge in [0.05, 0.1) is 34.2 Å². The van der Waals surface area contributed by atoms with Crippen LogP contribution in [0.1, 0.15) is 44.9 Å². The van der Waals surface area contributed by atoms with E-state index in [4.69, 9.17) is 25.9 Å². The molecule has 2 aromatic heterocycles. The van der Waals surface area contributed by atoms with Crippen LogP contribution in [0.15, 0.2) is 118 Å². The molecule has 8 rings (SSSR count). The Bertz CT molecular complexity index is 2630. The summed E-state index contributed by atoms with van der Waals surface area (Å²) in [5.74, 6) is 3.26. The Hall–Kier alpha value is -4.08. The van der Waals surface area contributed by atoms with Crippen molar-refractivity contribution in [3.63, 3.8) is 0 Å². The van der Waals surface area contributed by atoms with E-state index in [-0.39, 0.29) is 5.43 Å². The summed E-state index contributed by atoms with van der Waals surface area (Å²) in [7, 11) is 11.2. The third-order valence-electron chi connectivity index (χ3n) is 10.5. The zero-order valence-corrected chi connectivity index (χ0v) is 39.2. The average molecular weight is 955 g/mol. The molecule has 0 unspecified atom stereocenters. The van der Waals surface area contributed by atoms with Crippen LogP contribution in [-0.2, 0) is 30.3 Å². The molecule has 0 aliphatic carbocycles. The molecule has 312 valence electrons. The molecule has 0 fully saturated rings. The normalized spacial score (nSPS) is 11.7. The van der Waals surface area contributed by atoms with Crippen molar-refractivity contribution in [1.82, 2.24) is 0 Å². The summed E-state index contributed by atoms with van der Waals surface area (Å²) in [5, 5.41) is 4.14. The fourth-order valence-corrected chi connectivity index (χ4v) is 7.06. The van der Waals surface area contributed by atoms with Crippen molar-refractivity contribution in [2.45, 2.75) is 67.0 Å². The van der Waals surface area contributed by atoms with Gasteiger partial charge in [-0.25, -0.2) is 0 Å². The monoisotopic (exact) mass is 952 g/mol. The summed E-state index contributed by atoms with van der Waals surface area (Å²) in [6.07, 6.45) is -8.67. The first-order valence-corrected chi connectivity index (χ1v) is 31.5. The van der Waals surface area contributed by atoms with Gasteiger partial charge in [-0.15, -0.1) is 57.9 Å². The van der Waals surface area contributed by atoms with Gasteiger partial charge in [0.25, 0.3) is 0 Å². The van der Waals surface area contributed by atoms with Crippen molar-refractivity contribution in [1.29, 1.82) is 0 Å². The molecule has 8 aromatic rings. The molecule has 0 saturated carbocycles. The van der Waals surface area contributed by atoms with Crippen molar-refractivity contribution < 1.29 is 53.2 Å². The van der Waals surface area contributed by atoms with E-state index in [1.165, 1.54) is 0 Å². The minimum absolute atomic E-state index is 0.224. The average Bonchev–Trinajstić information content (AvgIpc) is 4.00. The molecule has 12 heteroatoms. The summed E-state index contributed by atoms with van der Waals surface area (Å²) in [6.45, 7) is 16.2. The van der Waals surface area contributed by atoms with Gasteiger partial charge in [0.2, 0.25) is 0 Å². The summed E-state index contributed by atoms with van der Waals surface area (Å²) in [5.41, 5.74) is 8.26. The number of furan rings is 2. The maximum atomic E-state index is 12.9. The Morgan fingerprint density at radius 1 is 0.517 bits per heavy atom. The minimum Gasteiger partial charge on any atom is -0.496 e. The fourth-order valence-electron chi connectivity index (χ4n) is 7.06. The third kappa shape index (κ3) is 10.2. The number of hydrogen-bond donors (Lipinski definition) is 0. The number of alkyl halides is 6. The van der Waals surface area contributed by atoms with Gasteiger partial charge in [-0.3, -0.25) is 0 Å². The maximum Gasteiger partial charge on any atom is 0.416 e. The topological polar surface area (TPSA) is 26.3 Å². The van der Waals surface area contributed by atoms with Crippen LogP contribution >= 0.6 is 17.0 Å². The smallest absolute Gasteiger partial charge is 0.416 e. The number of halogens is 8. The van der Waals surface area contributed by atoms with Crippen LogP contribution in [-0.4, -0.2) is 5.43 Å². The second kappa shape index (κ2) is 18.1. The fraction of sp³-hybridized carbons (Fsp3) is 0.208. The van der Waals surface area contributed by atoms with Crippen molar-refractivity contribution in [3.8, 4) is 44.9 Å². The Labute approximate surface area is 360 Å².